The molecule has 0 aliphatic carbocycles. The summed E-state index contributed by atoms with van der Waals surface area (Å²) in [5, 5.41) is 18.3. The van der Waals surface area contributed by atoms with Gasteiger partial charge in [0.05, 0.1) is 12.1 Å². The van der Waals surface area contributed by atoms with E-state index in [-0.39, 0.29) is 30.5 Å². The van der Waals surface area contributed by atoms with Crippen LogP contribution >= 0.6 is 12.4 Å². The maximum absolute atomic E-state index is 11.5. The molecule has 2 fully saturated rings. The summed E-state index contributed by atoms with van der Waals surface area (Å²) in [5.74, 6) is 0.610. The van der Waals surface area contributed by atoms with Crippen LogP contribution in [-0.4, -0.2) is 49.3 Å². The van der Waals surface area contributed by atoms with Gasteiger partial charge in [0.2, 0.25) is 5.91 Å². The number of amides is 1. The number of β-amino-alcohol motifs (C(OH)–C–C–N with tert-alkyl or cyclic N) is 1. The minimum absolute atomic E-state index is 0. The van der Waals surface area contributed by atoms with Gasteiger partial charge in [-0.3, -0.25) is 4.79 Å². The standard InChI is InChI=1S/C9H17N3O2.ClH/c13-7-1-8(11-5-7)9(14)12-4-6-2-10-3-6;/h6-8,10-11,13H,1-5H2,(H,12,14);1H/t7-,8+;/m0./s1. The third kappa shape index (κ3) is 3.31. The maximum atomic E-state index is 11.5. The summed E-state index contributed by atoms with van der Waals surface area (Å²) < 4.78 is 0. The van der Waals surface area contributed by atoms with Crippen LogP contribution in [0.25, 0.3) is 0 Å². The number of halogens is 1. The molecule has 2 aliphatic rings. The molecular weight excluding hydrogens is 218 g/mol. The lowest BCUT2D eigenvalue weighted by Crippen LogP contribution is -2.50. The first-order chi connectivity index (χ1) is 6.75. The Hall–Kier alpha value is -0.360. The van der Waals surface area contributed by atoms with E-state index in [1.807, 2.05) is 0 Å². The summed E-state index contributed by atoms with van der Waals surface area (Å²) in [6, 6.07) is -0.196. The fourth-order valence-electron chi connectivity index (χ4n) is 1.78. The van der Waals surface area contributed by atoms with Crippen LogP contribution in [0.3, 0.4) is 0 Å². The molecule has 5 nitrogen and oxygen atoms in total. The molecule has 2 aliphatic heterocycles. The molecule has 6 heteroatoms. The quantitative estimate of drug-likeness (QED) is 0.479. The van der Waals surface area contributed by atoms with Crippen molar-refractivity contribution in [1.29, 1.82) is 0 Å². The van der Waals surface area contributed by atoms with Crippen LogP contribution in [-0.2, 0) is 4.79 Å². The predicted octanol–water partition coefficient (Wildman–Crippen LogP) is -1.53. The van der Waals surface area contributed by atoms with Gasteiger partial charge in [0.15, 0.2) is 0 Å². The first kappa shape index (κ1) is 12.7. The highest BCUT2D eigenvalue weighted by molar-refractivity contribution is 5.85. The van der Waals surface area contributed by atoms with Crippen LogP contribution in [0, 0.1) is 5.92 Å². The highest BCUT2D eigenvalue weighted by Crippen LogP contribution is 2.06. The van der Waals surface area contributed by atoms with Crippen LogP contribution < -0.4 is 16.0 Å². The molecule has 0 aromatic heterocycles. The monoisotopic (exact) mass is 235 g/mol. The summed E-state index contributed by atoms with van der Waals surface area (Å²) in [5.41, 5.74) is 0. The molecule has 0 unspecified atom stereocenters. The molecule has 0 aromatic carbocycles. The van der Waals surface area contributed by atoms with Gasteiger partial charge in [-0.25, -0.2) is 0 Å². The van der Waals surface area contributed by atoms with Crippen molar-refractivity contribution in [2.24, 2.45) is 5.92 Å². The summed E-state index contributed by atoms with van der Waals surface area (Å²) >= 11 is 0. The van der Waals surface area contributed by atoms with E-state index < -0.39 is 0 Å². The second kappa shape index (κ2) is 5.65. The normalized spacial score (nSPS) is 30.5. The lowest BCUT2D eigenvalue weighted by atomic mass is 10.0. The molecule has 88 valence electrons. The first-order valence-electron chi connectivity index (χ1n) is 5.15. The van der Waals surface area contributed by atoms with Gasteiger partial charge in [-0.15, -0.1) is 12.4 Å². The highest BCUT2D eigenvalue weighted by atomic mass is 35.5. The topological polar surface area (TPSA) is 73.4 Å². The number of hydrogen-bond acceptors (Lipinski definition) is 4. The molecule has 2 atom stereocenters. The van der Waals surface area contributed by atoms with Crippen molar-refractivity contribution in [3.63, 3.8) is 0 Å². The van der Waals surface area contributed by atoms with Gasteiger partial charge >= 0.3 is 0 Å². The van der Waals surface area contributed by atoms with Crippen molar-refractivity contribution in [3.05, 3.63) is 0 Å². The van der Waals surface area contributed by atoms with E-state index in [2.05, 4.69) is 16.0 Å². The number of aliphatic hydroxyl groups is 1. The van der Waals surface area contributed by atoms with E-state index in [1.165, 1.54) is 0 Å². The Bertz CT molecular complexity index is 223. The van der Waals surface area contributed by atoms with Crippen molar-refractivity contribution < 1.29 is 9.90 Å². The van der Waals surface area contributed by atoms with Crippen molar-refractivity contribution in [3.8, 4) is 0 Å². The molecule has 1 amide bonds. The molecule has 0 spiro atoms. The number of carbonyl (C=O) groups is 1. The maximum Gasteiger partial charge on any atom is 0.237 e. The number of hydrogen-bond donors (Lipinski definition) is 4. The Morgan fingerprint density at radius 1 is 1.40 bits per heavy atom. The molecule has 2 heterocycles. The molecule has 0 aromatic rings. The third-order valence-electron chi connectivity index (χ3n) is 2.86. The third-order valence-corrected chi connectivity index (χ3v) is 2.86. The first-order valence-corrected chi connectivity index (χ1v) is 5.15. The van der Waals surface area contributed by atoms with Crippen molar-refractivity contribution >= 4 is 18.3 Å². The molecule has 2 saturated heterocycles. The van der Waals surface area contributed by atoms with Crippen LogP contribution in [0.4, 0.5) is 0 Å². The number of nitrogens with one attached hydrogen (secondary N) is 3. The van der Waals surface area contributed by atoms with Crippen LogP contribution in [0.1, 0.15) is 6.42 Å². The SMILES string of the molecule is Cl.O=C(NCC1CNC1)[C@H]1C[C@H](O)CN1. The van der Waals surface area contributed by atoms with Gasteiger partial charge < -0.3 is 21.1 Å². The molecular formula is C9H18ClN3O2. The van der Waals surface area contributed by atoms with E-state index in [0.29, 0.717) is 18.9 Å². The average molecular weight is 236 g/mol. The van der Waals surface area contributed by atoms with E-state index in [4.69, 9.17) is 0 Å². The van der Waals surface area contributed by atoms with Crippen LogP contribution in [0.2, 0.25) is 0 Å². The van der Waals surface area contributed by atoms with E-state index in [9.17, 15) is 9.90 Å². The van der Waals surface area contributed by atoms with E-state index in [1.54, 1.807) is 0 Å². The fourth-order valence-corrected chi connectivity index (χ4v) is 1.78. The predicted molar refractivity (Wildman–Crippen MR) is 59.0 cm³/mol. The van der Waals surface area contributed by atoms with Gasteiger partial charge in [0, 0.05) is 32.1 Å². The van der Waals surface area contributed by atoms with Crippen LogP contribution in [0.5, 0.6) is 0 Å². The van der Waals surface area contributed by atoms with Gasteiger partial charge in [-0.1, -0.05) is 0 Å². The molecule has 4 N–H and O–H groups in total. The summed E-state index contributed by atoms with van der Waals surface area (Å²) in [6.45, 7) is 3.28. The fraction of sp³-hybridized carbons (Fsp3) is 0.889. The highest BCUT2D eigenvalue weighted by Gasteiger charge is 2.28. The number of aliphatic hydroxyl groups excluding tert-OH is 1. The molecule has 0 bridgehead atoms. The summed E-state index contributed by atoms with van der Waals surface area (Å²) in [7, 11) is 0. The minimum Gasteiger partial charge on any atom is -0.392 e. The van der Waals surface area contributed by atoms with Crippen molar-refractivity contribution in [1.82, 2.24) is 16.0 Å². The Kier molecular flexibility index (Phi) is 4.79. The van der Waals surface area contributed by atoms with Crippen molar-refractivity contribution in [2.75, 3.05) is 26.2 Å². The number of carbonyl (C=O) groups excluding carboxylic acids is 1. The van der Waals surface area contributed by atoms with Gasteiger partial charge in [0.25, 0.3) is 0 Å². The zero-order valence-corrected chi connectivity index (χ0v) is 9.35. The van der Waals surface area contributed by atoms with E-state index in [0.717, 1.165) is 19.6 Å². The second-order valence-corrected chi connectivity index (χ2v) is 4.12. The Morgan fingerprint density at radius 3 is 2.60 bits per heavy atom. The minimum atomic E-state index is -0.365. The molecule has 2 rings (SSSR count). The summed E-state index contributed by atoms with van der Waals surface area (Å²) in [4.78, 5) is 11.5. The van der Waals surface area contributed by atoms with Gasteiger partial charge in [-0.2, -0.15) is 0 Å². The summed E-state index contributed by atoms with van der Waals surface area (Å²) in [6.07, 6.45) is 0.172. The van der Waals surface area contributed by atoms with E-state index >= 15 is 0 Å². The van der Waals surface area contributed by atoms with Gasteiger partial charge in [-0.05, 0) is 6.42 Å². The Balaban J connectivity index is 0.00000112. The van der Waals surface area contributed by atoms with Gasteiger partial charge in [0.1, 0.15) is 0 Å². The molecule has 0 saturated carbocycles. The lowest BCUT2D eigenvalue weighted by Gasteiger charge is -2.27. The Morgan fingerprint density at radius 2 is 2.13 bits per heavy atom. The second-order valence-electron chi connectivity index (χ2n) is 4.12. The zero-order valence-electron chi connectivity index (χ0n) is 8.53. The molecule has 15 heavy (non-hydrogen) atoms. The average Bonchev–Trinajstić information content (AvgIpc) is 2.49. The van der Waals surface area contributed by atoms with Crippen LogP contribution in [0.15, 0.2) is 0 Å². The number of rotatable bonds is 3. The smallest absolute Gasteiger partial charge is 0.237 e. The van der Waals surface area contributed by atoms with Crippen molar-refractivity contribution in [2.45, 2.75) is 18.6 Å². The largest absolute Gasteiger partial charge is 0.392 e. The Labute approximate surface area is 95.4 Å². The molecule has 0 radical (unpaired) electrons. The lowest BCUT2D eigenvalue weighted by molar-refractivity contribution is -0.123. The zero-order chi connectivity index (χ0) is 9.97.